The SMILES string of the molecule is C[C@H]1CCCC[C@@H]1NC(=O)CSc1cccc[n+]1[O-]. The highest BCUT2D eigenvalue weighted by molar-refractivity contribution is 7.99. The van der Waals surface area contributed by atoms with Crippen LogP contribution in [-0.2, 0) is 4.79 Å². The van der Waals surface area contributed by atoms with E-state index in [0.717, 1.165) is 11.2 Å². The van der Waals surface area contributed by atoms with Gasteiger partial charge in [0.1, 0.15) is 0 Å². The fraction of sp³-hybridized carbons (Fsp3) is 0.571. The van der Waals surface area contributed by atoms with Crippen LogP contribution in [-0.4, -0.2) is 17.7 Å². The maximum atomic E-state index is 11.9. The first-order valence-corrected chi connectivity index (χ1v) is 7.75. The van der Waals surface area contributed by atoms with Gasteiger partial charge in [0.05, 0.1) is 5.75 Å². The summed E-state index contributed by atoms with van der Waals surface area (Å²) in [6.45, 7) is 2.19. The minimum absolute atomic E-state index is 0.0209. The Kier molecular flexibility index (Phi) is 5.07. The molecule has 1 amide bonds. The molecule has 0 spiro atoms. The molecule has 1 saturated carbocycles. The van der Waals surface area contributed by atoms with E-state index in [4.69, 9.17) is 0 Å². The Morgan fingerprint density at radius 2 is 2.26 bits per heavy atom. The summed E-state index contributed by atoms with van der Waals surface area (Å²) in [6.07, 6.45) is 6.18. The molecule has 0 saturated heterocycles. The summed E-state index contributed by atoms with van der Waals surface area (Å²) in [7, 11) is 0. The number of rotatable bonds is 4. The van der Waals surface area contributed by atoms with Gasteiger partial charge in [0.15, 0.2) is 6.20 Å². The van der Waals surface area contributed by atoms with Crippen LogP contribution in [0, 0.1) is 11.1 Å². The van der Waals surface area contributed by atoms with Gasteiger partial charge in [0.2, 0.25) is 5.91 Å². The molecule has 0 bridgehead atoms. The van der Waals surface area contributed by atoms with Crippen molar-refractivity contribution in [1.29, 1.82) is 0 Å². The third-order valence-corrected chi connectivity index (χ3v) is 4.62. The number of carbonyl (C=O) groups excluding carboxylic acids is 1. The minimum atomic E-state index is 0.0209. The summed E-state index contributed by atoms with van der Waals surface area (Å²) in [5, 5.41) is 15.1. The molecule has 4 nitrogen and oxygen atoms in total. The lowest BCUT2D eigenvalue weighted by Gasteiger charge is -2.29. The molecular weight excluding hydrogens is 260 g/mol. The summed E-state index contributed by atoms with van der Waals surface area (Å²) >= 11 is 1.28. The van der Waals surface area contributed by atoms with Crippen LogP contribution in [0.5, 0.6) is 0 Å². The summed E-state index contributed by atoms with van der Waals surface area (Å²) in [5.41, 5.74) is 0. The number of hydrogen-bond acceptors (Lipinski definition) is 3. The van der Waals surface area contributed by atoms with Crippen molar-refractivity contribution in [1.82, 2.24) is 5.32 Å². The molecule has 19 heavy (non-hydrogen) atoms. The first kappa shape index (κ1) is 14.2. The van der Waals surface area contributed by atoms with E-state index < -0.39 is 0 Å². The first-order chi connectivity index (χ1) is 9.16. The zero-order valence-electron chi connectivity index (χ0n) is 11.2. The van der Waals surface area contributed by atoms with Crippen LogP contribution in [0.3, 0.4) is 0 Å². The van der Waals surface area contributed by atoms with E-state index >= 15 is 0 Å². The number of nitrogens with one attached hydrogen (secondary N) is 1. The highest BCUT2D eigenvalue weighted by atomic mass is 32.2. The highest BCUT2D eigenvalue weighted by Gasteiger charge is 2.22. The number of nitrogens with zero attached hydrogens (tertiary/aromatic N) is 1. The van der Waals surface area contributed by atoms with Crippen LogP contribution >= 0.6 is 11.8 Å². The van der Waals surface area contributed by atoms with E-state index in [1.165, 1.54) is 37.2 Å². The molecule has 1 heterocycles. The summed E-state index contributed by atoms with van der Waals surface area (Å²) < 4.78 is 0.793. The predicted octanol–water partition coefficient (Wildman–Crippen LogP) is 2.11. The average molecular weight is 280 g/mol. The van der Waals surface area contributed by atoms with E-state index in [0.29, 0.717) is 22.7 Å². The average Bonchev–Trinajstić information content (AvgIpc) is 2.40. The van der Waals surface area contributed by atoms with Crippen LogP contribution in [0.1, 0.15) is 32.6 Å². The van der Waals surface area contributed by atoms with E-state index in [9.17, 15) is 10.0 Å². The molecule has 104 valence electrons. The van der Waals surface area contributed by atoms with Gasteiger partial charge in [-0.15, -0.1) is 0 Å². The topological polar surface area (TPSA) is 56.0 Å². The Morgan fingerprint density at radius 3 is 3.00 bits per heavy atom. The maximum Gasteiger partial charge on any atom is 0.251 e. The number of hydrogen-bond donors (Lipinski definition) is 1. The molecule has 0 radical (unpaired) electrons. The zero-order chi connectivity index (χ0) is 13.7. The van der Waals surface area contributed by atoms with Crippen LogP contribution < -0.4 is 10.0 Å². The fourth-order valence-electron chi connectivity index (χ4n) is 2.44. The standard InChI is InChI=1S/C14H20N2O2S/c1-11-6-2-3-7-12(11)15-13(17)10-19-14-8-4-5-9-16(14)18/h4-5,8-9,11-12H,2-3,6-7,10H2,1H3,(H,15,17)/t11-,12-/m0/s1. The van der Waals surface area contributed by atoms with Gasteiger partial charge in [-0.25, -0.2) is 0 Å². The normalized spacial score (nSPS) is 23.0. The van der Waals surface area contributed by atoms with Crippen molar-refractivity contribution in [3.05, 3.63) is 29.6 Å². The quantitative estimate of drug-likeness (QED) is 0.522. The van der Waals surface area contributed by atoms with E-state index in [1.54, 1.807) is 18.2 Å². The lowest BCUT2D eigenvalue weighted by molar-refractivity contribution is -0.645. The second-order valence-electron chi connectivity index (χ2n) is 5.09. The predicted molar refractivity (Wildman–Crippen MR) is 75.7 cm³/mol. The van der Waals surface area contributed by atoms with Crippen molar-refractivity contribution in [2.45, 2.75) is 43.7 Å². The van der Waals surface area contributed by atoms with Crippen molar-refractivity contribution < 1.29 is 9.52 Å². The Morgan fingerprint density at radius 1 is 1.47 bits per heavy atom. The maximum absolute atomic E-state index is 11.9. The number of carbonyl (C=O) groups is 1. The van der Waals surface area contributed by atoms with Gasteiger partial charge in [-0.3, -0.25) is 4.79 Å². The lowest BCUT2D eigenvalue weighted by Crippen LogP contribution is -2.42. The largest absolute Gasteiger partial charge is 0.618 e. The molecule has 2 atom stereocenters. The molecule has 1 aromatic rings. The highest BCUT2D eigenvalue weighted by Crippen LogP contribution is 2.23. The zero-order valence-corrected chi connectivity index (χ0v) is 12.0. The minimum Gasteiger partial charge on any atom is -0.618 e. The third-order valence-electron chi connectivity index (χ3n) is 3.60. The summed E-state index contributed by atoms with van der Waals surface area (Å²) in [6, 6.07) is 5.52. The molecular formula is C14H20N2O2S. The van der Waals surface area contributed by atoms with Gasteiger partial charge in [-0.1, -0.05) is 19.8 Å². The van der Waals surface area contributed by atoms with E-state index in [2.05, 4.69) is 12.2 Å². The van der Waals surface area contributed by atoms with Crippen molar-refractivity contribution in [2.24, 2.45) is 5.92 Å². The molecule has 1 fully saturated rings. The van der Waals surface area contributed by atoms with Gasteiger partial charge in [-0.05, 0) is 36.6 Å². The van der Waals surface area contributed by atoms with Gasteiger partial charge in [0.25, 0.3) is 5.03 Å². The van der Waals surface area contributed by atoms with Gasteiger partial charge in [-0.2, -0.15) is 4.73 Å². The van der Waals surface area contributed by atoms with Crippen molar-refractivity contribution in [3.63, 3.8) is 0 Å². The van der Waals surface area contributed by atoms with Crippen LogP contribution in [0.2, 0.25) is 0 Å². The Balaban J connectivity index is 1.80. The second kappa shape index (κ2) is 6.80. The van der Waals surface area contributed by atoms with Crippen molar-refractivity contribution >= 4 is 17.7 Å². The van der Waals surface area contributed by atoms with Crippen molar-refractivity contribution in [2.75, 3.05) is 5.75 Å². The molecule has 0 aliphatic heterocycles. The third kappa shape index (κ3) is 4.13. The van der Waals surface area contributed by atoms with Crippen molar-refractivity contribution in [3.8, 4) is 0 Å². The van der Waals surface area contributed by atoms with Crippen LogP contribution in [0.25, 0.3) is 0 Å². The molecule has 1 N–H and O–H groups in total. The Hall–Kier alpha value is -1.23. The number of thioether (sulfide) groups is 1. The summed E-state index contributed by atoms with van der Waals surface area (Å²) in [5.74, 6) is 0.881. The smallest absolute Gasteiger partial charge is 0.251 e. The molecule has 0 aromatic carbocycles. The molecule has 2 rings (SSSR count). The Labute approximate surface area is 118 Å². The molecule has 5 heteroatoms. The number of pyridine rings is 1. The van der Waals surface area contributed by atoms with Gasteiger partial charge < -0.3 is 10.5 Å². The molecule has 1 aliphatic carbocycles. The number of amides is 1. The monoisotopic (exact) mass is 280 g/mol. The summed E-state index contributed by atoms with van der Waals surface area (Å²) in [4.78, 5) is 11.9. The fourth-order valence-corrected chi connectivity index (χ4v) is 3.17. The van der Waals surface area contributed by atoms with E-state index in [1.807, 2.05) is 0 Å². The van der Waals surface area contributed by atoms with Gasteiger partial charge >= 0.3 is 0 Å². The van der Waals surface area contributed by atoms with E-state index in [-0.39, 0.29) is 5.91 Å². The molecule has 1 aromatic heterocycles. The second-order valence-corrected chi connectivity index (χ2v) is 6.08. The van der Waals surface area contributed by atoms with Gasteiger partial charge in [0, 0.05) is 18.2 Å². The number of aromatic nitrogens is 1. The molecule has 0 unspecified atom stereocenters. The Bertz CT molecular complexity index is 439. The van der Waals surface area contributed by atoms with Crippen LogP contribution in [0.4, 0.5) is 0 Å². The lowest BCUT2D eigenvalue weighted by atomic mass is 9.86. The first-order valence-electron chi connectivity index (χ1n) is 6.77. The van der Waals surface area contributed by atoms with Crippen LogP contribution in [0.15, 0.2) is 29.4 Å². The molecule has 1 aliphatic rings.